The normalized spacial score (nSPS) is 13.0. The second-order valence-electron chi connectivity index (χ2n) is 2.70. The minimum atomic E-state index is -1.19. The minimum Gasteiger partial charge on any atom is -0.327 e. The van der Waals surface area contributed by atoms with Crippen molar-refractivity contribution in [1.29, 1.82) is 0 Å². The molecule has 0 aliphatic carbocycles. The number of halogens is 2. The Labute approximate surface area is 70.2 Å². The summed E-state index contributed by atoms with van der Waals surface area (Å²) in [5, 5.41) is 0. The number of hydrogen-bond acceptors (Lipinski definition) is 1. The number of rotatable bonds is 2. The van der Waals surface area contributed by atoms with Crippen molar-refractivity contribution in [3.05, 3.63) is 35.1 Å². The zero-order valence-corrected chi connectivity index (χ0v) is 6.85. The summed E-state index contributed by atoms with van der Waals surface area (Å²) in [6, 6.07) is 3.98. The molecule has 0 spiro atoms. The first-order chi connectivity index (χ1) is 5.65. The van der Waals surface area contributed by atoms with Crippen molar-refractivity contribution < 1.29 is 8.78 Å². The van der Waals surface area contributed by atoms with Gasteiger partial charge < -0.3 is 5.73 Å². The maximum absolute atomic E-state index is 13.0. The third-order valence-electron chi connectivity index (χ3n) is 1.78. The molecular formula is C9H11F2N. The lowest BCUT2D eigenvalue weighted by Crippen LogP contribution is -2.08. The molecule has 0 radical (unpaired) electrons. The van der Waals surface area contributed by atoms with E-state index >= 15 is 0 Å². The highest BCUT2D eigenvalue weighted by atomic mass is 19.1. The Hall–Kier alpha value is -0.960. The fraction of sp³-hybridized carbons (Fsp3) is 0.333. The van der Waals surface area contributed by atoms with E-state index in [2.05, 4.69) is 0 Å². The molecule has 1 nitrogen and oxygen atoms in total. The predicted octanol–water partition coefficient (Wildman–Crippen LogP) is 2.10. The van der Waals surface area contributed by atoms with E-state index in [-0.39, 0.29) is 12.4 Å². The molecule has 0 fully saturated rings. The lowest BCUT2D eigenvalue weighted by atomic mass is 10.0. The van der Waals surface area contributed by atoms with E-state index in [9.17, 15) is 8.78 Å². The lowest BCUT2D eigenvalue weighted by molar-refractivity contribution is 0.351. The number of benzene rings is 1. The Balaban J connectivity index is 3.01. The first kappa shape index (κ1) is 9.13. The molecule has 1 aromatic rings. The molecule has 0 aliphatic heterocycles. The van der Waals surface area contributed by atoms with Crippen LogP contribution in [0.5, 0.6) is 0 Å². The Morgan fingerprint density at radius 2 is 2.17 bits per heavy atom. The molecule has 1 aromatic carbocycles. The molecule has 1 unspecified atom stereocenters. The summed E-state index contributed by atoms with van der Waals surface area (Å²) in [7, 11) is 0. The highest BCUT2D eigenvalue weighted by molar-refractivity contribution is 5.28. The van der Waals surface area contributed by atoms with Crippen LogP contribution >= 0.6 is 0 Å². The van der Waals surface area contributed by atoms with E-state index in [1.807, 2.05) is 0 Å². The maximum Gasteiger partial charge on any atom is 0.138 e. The van der Waals surface area contributed by atoms with Crippen molar-refractivity contribution in [2.24, 2.45) is 5.73 Å². The van der Waals surface area contributed by atoms with Crippen LogP contribution in [-0.4, -0.2) is 6.54 Å². The molecule has 2 N–H and O–H groups in total. The summed E-state index contributed by atoms with van der Waals surface area (Å²) in [4.78, 5) is 0. The van der Waals surface area contributed by atoms with Crippen LogP contribution < -0.4 is 5.73 Å². The van der Waals surface area contributed by atoms with Crippen molar-refractivity contribution in [3.8, 4) is 0 Å². The van der Waals surface area contributed by atoms with E-state index in [1.54, 1.807) is 6.92 Å². The molecule has 1 atom stereocenters. The topological polar surface area (TPSA) is 26.0 Å². The van der Waals surface area contributed by atoms with Crippen molar-refractivity contribution in [2.75, 3.05) is 6.54 Å². The Bertz CT molecular complexity index is 273. The number of hydrogen-bond donors (Lipinski definition) is 1. The van der Waals surface area contributed by atoms with E-state index < -0.39 is 6.17 Å². The summed E-state index contributed by atoms with van der Waals surface area (Å²) >= 11 is 0. The molecule has 0 aromatic heterocycles. The van der Waals surface area contributed by atoms with Gasteiger partial charge in [-0.05, 0) is 30.2 Å². The third-order valence-corrected chi connectivity index (χ3v) is 1.78. The molecule has 1 rings (SSSR count). The van der Waals surface area contributed by atoms with Gasteiger partial charge in [-0.3, -0.25) is 0 Å². The number of aryl methyl sites for hydroxylation is 1. The number of alkyl halides is 1. The molecule has 0 aliphatic rings. The van der Waals surface area contributed by atoms with Gasteiger partial charge in [-0.1, -0.05) is 6.07 Å². The minimum absolute atomic E-state index is 0.0630. The van der Waals surface area contributed by atoms with Gasteiger partial charge in [-0.15, -0.1) is 0 Å². The summed E-state index contributed by atoms with van der Waals surface area (Å²) in [6.07, 6.45) is -1.19. The molecule has 0 heterocycles. The van der Waals surface area contributed by atoms with Gasteiger partial charge in [0.15, 0.2) is 0 Å². The van der Waals surface area contributed by atoms with Crippen LogP contribution in [0, 0.1) is 12.7 Å². The second kappa shape index (κ2) is 3.63. The van der Waals surface area contributed by atoms with Gasteiger partial charge in [-0.2, -0.15) is 0 Å². The molecule has 0 saturated heterocycles. The first-order valence-electron chi connectivity index (χ1n) is 3.75. The summed E-state index contributed by atoms with van der Waals surface area (Å²) in [5.41, 5.74) is 6.22. The molecule has 12 heavy (non-hydrogen) atoms. The average molecular weight is 171 g/mol. The van der Waals surface area contributed by atoms with Gasteiger partial charge >= 0.3 is 0 Å². The summed E-state index contributed by atoms with van der Waals surface area (Å²) < 4.78 is 25.6. The van der Waals surface area contributed by atoms with Crippen LogP contribution in [-0.2, 0) is 0 Å². The molecule has 0 bridgehead atoms. The third kappa shape index (κ3) is 1.80. The fourth-order valence-corrected chi connectivity index (χ4v) is 1.12. The lowest BCUT2D eigenvalue weighted by Gasteiger charge is -2.08. The van der Waals surface area contributed by atoms with Crippen molar-refractivity contribution in [3.63, 3.8) is 0 Å². The Morgan fingerprint density at radius 1 is 1.50 bits per heavy atom. The Morgan fingerprint density at radius 3 is 2.67 bits per heavy atom. The molecule has 3 heteroatoms. The molecule has 66 valence electrons. The zero-order chi connectivity index (χ0) is 9.14. The van der Waals surface area contributed by atoms with Gasteiger partial charge in [0.1, 0.15) is 12.0 Å². The van der Waals surface area contributed by atoms with Crippen LogP contribution in [0.25, 0.3) is 0 Å². The smallest absolute Gasteiger partial charge is 0.138 e. The Kier molecular flexibility index (Phi) is 2.76. The fourth-order valence-electron chi connectivity index (χ4n) is 1.12. The largest absolute Gasteiger partial charge is 0.327 e. The molecular weight excluding hydrogens is 160 g/mol. The summed E-state index contributed by atoms with van der Waals surface area (Å²) in [6.45, 7) is 1.60. The molecule has 0 amide bonds. The quantitative estimate of drug-likeness (QED) is 0.724. The van der Waals surface area contributed by atoms with E-state index in [0.29, 0.717) is 11.1 Å². The summed E-state index contributed by atoms with van der Waals surface area (Å²) in [5.74, 6) is -0.347. The van der Waals surface area contributed by atoms with Crippen LogP contribution in [0.2, 0.25) is 0 Å². The average Bonchev–Trinajstić information content (AvgIpc) is 2.03. The highest BCUT2D eigenvalue weighted by Gasteiger charge is 2.09. The van der Waals surface area contributed by atoms with E-state index in [1.165, 1.54) is 18.2 Å². The highest BCUT2D eigenvalue weighted by Crippen LogP contribution is 2.20. The van der Waals surface area contributed by atoms with Crippen LogP contribution in [0.15, 0.2) is 18.2 Å². The number of nitrogens with two attached hydrogens (primary N) is 1. The van der Waals surface area contributed by atoms with Crippen molar-refractivity contribution >= 4 is 0 Å². The second-order valence-corrected chi connectivity index (χ2v) is 2.70. The van der Waals surface area contributed by atoms with Crippen LogP contribution in [0.4, 0.5) is 8.78 Å². The van der Waals surface area contributed by atoms with Gasteiger partial charge in [0.2, 0.25) is 0 Å². The zero-order valence-electron chi connectivity index (χ0n) is 6.85. The van der Waals surface area contributed by atoms with Crippen LogP contribution in [0.1, 0.15) is 17.3 Å². The van der Waals surface area contributed by atoms with E-state index in [0.717, 1.165) is 0 Å². The van der Waals surface area contributed by atoms with Gasteiger partial charge in [0.25, 0.3) is 0 Å². The van der Waals surface area contributed by atoms with Crippen molar-refractivity contribution in [1.82, 2.24) is 0 Å². The maximum atomic E-state index is 13.0. The monoisotopic (exact) mass is 171 g/mol. The van der Waals surface area contributed by atoms with Crippen molar-refractivity contribution in [2.45, 2.75) is 13.1 Å². The predicted molar refractivity (Wildman–Crippen MR) is 44.0 cm³/mol. The standard InChI is InChI=1S/C9H11F2N/c1-6-4-7(10)2-3-8(6)9(11)5-12/h2-4,9H,5,12H2,1H3. The van der Waals surface area contributed by atoms with Gasteiger partial charge in [0.05, 0.1) is 0 Å². The van der Waals surface area contributed by atoms with Gasteiger partial charge in [0, 0.05) is 6.54 Å². The van der Waals surface area contributed by atoms with Gasteiger partial charge in [-0.25, -0.2) is 8.78 Å². The van der Waals surface area contributed by atoms with Crippen LogP contribution in [0.3, 0.4) is 0 Å². The van der Waals surface area contributed by atoms with E-state index in [4.69, 9.17) is 5.73 Å². The first-order valence-corrected chi connectivity index (χ1v) is 3.75. The molecule has 0 saturated carbocycles. The SMILES string of the molecule is Cc1cc(F)ccc1C(F)CN.